The van der Waals surface area contributed by atoms with Gasteiger partial charge in [-0.05, 0) is 44.0 Å². The summed E-state index contributed by atoms with van der Waals surface area (Å²) in [5.74, 6) is 0.437. The van der Waals surface area contributed by atoms with Gasteiger partial charge in [0.1, 0.15) is 5.75 Å². The van der Waals surface area contributed by atoms with Gasteiger partial charge >= 0.3 is 0 Å². The average Bonchev–Trinajstić information content (AvgIpc) is 2.56. The van der Waals surface area contributed by atoms with E-state index in [1.165, 1.54) is 0 Å². The first-order valence-electron chi connectivity index (χ1n) is 8.33. The van der Waals surface area contributed by atoms with Crippen LogP contribution >= 0.6 is 12.4 Å². The van der Waals surface area contributed by atoms with E-state index in [1.54, 1.807) is 0 Å². The maximum Gasteiger partial charge on any atom is 0.229 e. The Bertz CT molecular complexity index is 645. The van der Waals surface area contributed by atoms with Crippen LogP contribution < -0.4 is 15.8 Å². The van der Waals surface area contributed by atoms with Crippen LogP contribution in [0.1, 0.15) is 43.9 Å². The molecule has 0 spiro atoms. The number of carbonyl (C=O) groups is 1. The topological polar surface area (TPSA) is 64.3 Å². The fourth-order valence-electron chi connectivity index (χ4n) is 2.58. The molecule has 0 aliphatic rings. The van der Waals surface area contributed by atoms with E-state index in [0.29, 0.717) is 0 Å². The summed E-state index contributed by atoms with van der Waals surface area (Å²) in [5.41, 5.74) is 7.78. The number of hydrogen-bond donors (Lipinski definition) is 2. The minimum atomic E-state index is -0.336. The number of benzene rings is 2. The number of rotatable bonds is 7. The zero-order valence-electron chi connectivity index (χ0n) is 14.9. The molecule has 2 rings (SSSR count). The van der Waals surface area contributed by atoms with Gasteiger partial charge in [-0.2, -0.15) is 0 Å². The number of carbonyl (C=O) groups excluding carboxylic acids is 1. The van der Waals surface area contributed by atoms with Crippen LogP contribution in [0, 0.1) is 0 Å². The van der Waals surface area contributed by atoms with Crippen molar-refractivity contribution in [3.05, 3.63) is 65.7 Å². The van der Waals surface area contributed by atoms with Gasteiger partial charge in [0, 0.05) is 6.54 Å². The molecule has 0 bridgehead atoms. The third-order valence-electron chi connectivity index (χ3n) is 3.86. The van der Waals surface area contributed by atoms with E-state index < -0.39 is 0 Å². The predicted molar refractivity (Wildman–Crippen MR) is 104 cm³/mol. The minimum Gasteiger partial charge on any atom is -0.491 e. The molecule has 4 nitrogen and oxygen atoms in total. The third-order valence-corrected chi connectivity index (χ3v) is 3.86. The van der Waals surface area contributed by atoms with E-state index in [-0.39, 0.29) is 42.9 Å². The lowest BCUT2D eigenvalue weighted by Crippen LogP contribution is -2.35. The zero-order valence-corrected chi connectivity index (χ0v) is 15.8. The summed E-state index contributed by atoms with van der Waals surface area (Å²) in [6.07, 6.45) is 0.143. The Morgan fingerprint density at radius 3 is 2.12 bits per heavy atom. The van der Waals surface area contributed by atoms with Crippen molar-refractivity contribution < 1.29 is 9.53 Å². The van der Waals surface area contributed by atoms with Crippen LogP contribution in [0.25, 0.3) is 0 Å². The maximum absolute atomic E-state index is 12.6. The lowest BCUT2D eigenvalue weighted by Gasteiger charge is -2.20. The van der Waals surface area contributed by atoms with Crippen molar-refractivity contribution >= 4 is 18.3 Å². The normalized spacial score (nSPS) is 12.8. The number of halogens is 1. The van der Waals surface area contributed by atoms with Crippen LogP contribution in [0.2, 0.25) is 0 Å². The van der Waals surface area contributed by atoms with Gasteiger partial charge in [0.2, 0.25) is 5.91 Å². The smallest absolute Gasteiger partial charge is 0.229 e. The molecule has 2 aromatic rings. The Morgan fingerprint density at radius 1 is 1.00 bits per heavy atom. The van der Waals surface area contributed by atoms with Crippen LogP contribution in [-0.4, -0.2) is 18.6 Å². The molecule has 0 saturated heterocycles. The molecule has 0 fully saturated rings. The van der Waals surface area contributed by atoms with Crippen molar-refractivity contribution in [2.24, 2.45) is 5.73 Å². The van der Waals surface area contributed by atoms with Gasteiger partial charge in [-0.1, -0.05) is 42.5 Å². The summed E-state index contributed by atoms with van der Waals surface area (Å²) < 4.78 is 5.64. The molecule has 0 aromatic heterocycles. The van der Waals surface area contributed by atoms with Gasteiger partial charge in [-0.25, -0.2) is 0 Å². The minimum absolute atomic E-state index is 0. The van der Waals surface area contributed by atoms with Crippen LogP contribution in [-0.2, 0) is 4.79 Å². The van der Waals surface area contributed by atoms with Gasteiger partial charge in [0.25, 0.3) is 0 Å². The Balaban J connectivity index is 0.00000312. The van der Waals surface area contributed by atoms with Crippen molar-refractivity contribution in [1.29, 1.82) is 0 Å². The SMILES string of the molecule is CC(C)Oc1ccc(C(C)NC(=O)C(CN)c2ccccc2)cc1.Cl. The summed E-state index contributed by atoms with van der Waals surface area (Å²) in [6.45, 7) is 6.24. The predicted octanol–water partition coefficient (Wildman–Crippen LogP) is 3.82. The molecule has 2 unspecified atom stereocenters. The van der Waals surface area contributed by atoms with E-state index >= 15 is 0 Å². The Hall–Kier alpha value is -2.04. The Kier molecular flexibility index (Phi) is 8.46. The van der Waals surface area contributed by atoms with Crippen molar-refractivity contribution in [3.63, 3.8) is 0 Å². The number of hydrogen-bond acceptors (Lipinski definition) is 3. The highest BCUT2D eigenvalue weighted by molar-refractivity contribution is 5.85. The summed E-state index contributed by atoms with van der Waals surface area (Å²) in [5, 5.41) is 3.05. The maximum atomic E-state index is 12.6. The van der Waals surface area contributed by atoms with Gasteiger partial charge in [0.05, 0.1) is 18.1 Å². The summed E-state index contributed by atoms with van der Waals surface area (Å²) in [4.78, 5) is 12.6. The van der Waals surface area contributed by atoms with Crippen LogP contribution in [0.15, 0.2) is 54.6 Å². The number of amides is 1. The second-order valence-corrected chi connectivity index (χ2v) is 6.16. The molecule has 5 heteroatoms. The molecule has 25 heavy (non-hydrogen) atoms. The van der Waals surface area contributed by atoms with Crippen LogP contribution in [0.4, 0.5) is 0 Å². The van der Waals surface area contributed by atoms with Gasteiger partial charge < -0.3 is 15.8 Å². The fraction of sp³-hybridized carbons (Fsp3) is 0.350. The second-order valence-electron chi connectivity index (χ2n) is 6.16. The standard InChI is InChI=1S/C20H26N2O2.ClH/c1-14(2)24-18-11-9-16(10-12-18)15(3)22-20(23)19(13-21)17-7-5-4-6-8-17;/h4-12,14-15,19H,13,21H2,1-3H3,(H,22,23);1H. The summed E-state index contributed by atoms with van der Waals surface area (Å²) >= 11 is 0. The first-order valence-corrected chi connectivity index (χ1v) is 8.33. The lowest BCUT2D eigenvalue weighted by atomic mass is 9.97. The number of nitrogens with one attached hydrogen (secondary N) is 1. The largest absolute Gasteiger partial charge is 0.491 e. The molecule has 1 amide bonds. The Labute approximate surface area is 156 Å². The molecule has 2 aromatic carbocycles. The lowest BCUT2D eigenvalue weighted by molar-refractivity contribution is -0.123. The van der Waals surface area contributed by atoms with Crippen molar-refractivity contribution in [3.8, 4) is 5.75 Å². The highest BCUT2D eigenvalue weighted by atomic mass is 35.5. The van der Waals surface area contributed by atoms with E-state index in [0.717, 1.165) is 16.9 Å². The fourth-order valence-corrected chi connectivity index (χ4v) is 2.58. The van der Waals surface area contributed by atoms with E-state index in [1.807, 2.05) is 75.4 Å². The molecular formula is C20H27ClN2O2. The van der Waals surface area contributed by atoms with Crippen LogP contribution in [0.3, 0.4) is 0 Å². The molecule has 0 radical (unpaired) electrons. The molecule has 136 valence electrons. The first kappa shape index (κ1) is 21.0. The van der Waals surface area contributed by atoms with Crippen molar-refractivity contribution in [2.75, 3.05) is 6.54 Å². The molecule has 0 saturated carbocycles. The van der Waals surface area contributed by atoms with E-state index in [4.69, 9.17) is 10.5 Å². The Morgan fingerprint density at radius 2 is 1.60 bits per heavy atom. The number of ether oxygens (including phenoxy) is 1. The highest BCUT2D eigenvalue weighted by Crippen LogP contribution is 2.20. The van der Waals surface area contributed by atoms with Crippen LogP contribution in [0.5, 0.6) is 5.75 Å². The van der Waals surface area contributed by atoms with Gasteiger partial charge in [-0.15, -0.1) is 12.4 Å². The highest BCUT2D eigenvalue weighted by Gasteiger charge is 2.20. The molecule has 0 aliphatic heterocycles. The second kappa shape index (κ2) is 10.1. The van der Waals surface area contributed by atoms with E-state index in [9.17, 15) is 4.79 Å². The van der Waals surface area contributed by atoms with Gasteiger partial charge in [-0.3, -0.25) is 4.79 Å². The first-order chi connectivity index (χ1) is 11.5. The zero-order chi connectivity index (χ0) is 17.5. The molecule has 3 N–H and O–H groups in total. The van der Waals surface area contributed by atoms with Crippen molar-refractivity contribution in [2.45, 2.75) is 38.8 Å². The molecular weight excluding hydrogens is 336 g/mol. The van der Waals surface area contributed by atoms with E-state index in [2.05, 4.69) is 5.32 Å². The quantitative estimate of drug-likeness (QED) is 0.787. The third kappa shape index (κ3) is 6.07. The monoisotopic (exact) mass is 362 g/mol. The number of nitrogens with two attached hydrogens (primary N) is 1. The molecule has 2 atom stereocenters. The molecule has 0 aliphatic carbocycles. The molecule has 0 heterocycles. The summed E-state index contributed by atoms with van der Waals surface area (Å²) in [7, 11) is 0. The average molecular weight is 363 g/mol. The van der Waals surface area contributed by atoms with Crippen molar-refractivity contribution in [1.82, 2.24) is 5.32 Å². The summed E-state index contributed by atoms with van der Waals surface area (Å²) in [6, 6.07) is 17.3. The van der Waals surface area contributed by atoms with Gasteiger partial charge in [0.15, 0.2) is 0 Å².